The molecule has 0 aromatic heterocycles. The van der Waals surface area contributed by atoms with Crippen LogP contribution in [-0.2, 0) is 15.9 Å². The van der Waals surface area contributed by atoms with Crippen LogP contribution in [0.1, 0.15) is 20.3 Å². The topological polar surface area (TPSA) is 58.9 Å². The Hall–Kier alpha value is -0.420. The molecule has 0 radical (unpaired) electrons. The van der Waals surface area contributed by atoms with Crippen molar-refractivity contribution in [3.63, 3.8) is 0 Å². The van der Waals surface area contributed by atoms with Gasteiger partial charge in [0.05, 0.1) is 11.5 Å². The van der Waals surface area contributed by atoms with E-state index in [0.29, 0.717) is 12.1 Å². The predicted octanol–water partition coefficient (Wildman–Crippen LogP) is 0.763. The Kier molecular flexibility index (Phi) is 2.29. The fraction of sp³-hybridized carbons (Fsp3) is 0.833. The van der Waals surface area contributed by atoms with Crippen LogP contribution in [0, 0.1) is 0 Å². The van der Waals surface area contributed by atoms with Crippen LogP contribution in [-0.4, -0.2) is 25.8 Å². The smallest absolute Gasteiger partial charge is 0.158 e. The second kappa shape index (κ2) is 2.91. The van der Waals surface area contributed by atoms with Gasteiger partial charge < -0.3 is 9.39 Å². The summed E-state index contributed by atoms with van der Waals surface area (Å²) in [6, 6.07) is 0. The third kappa shape index (κ3) is 2.59. The standard InChI is InChI=1S/C6H11NO3S/c1-6(2)3-5(7-10-6)4-11(8)9/h3-4H2,1-2H3,(H,8,9). The van der Waals surface area contributed by atoms with Gasteiger partial charge in [-0.05, 0) is 13.8 Å². The molecule has 0 aliphatic carbocycles. The number of oxime groups is 1. The number of hydrogen-bond donors (Lipinski definition) is 1. The molecule has 1 heterocycles. The van der Waals surface area contributed by atoms with Crippen LogP contribution in [0.4, 0.5) is 0 Å². The first-order valence-corrected chi connectivity index (χ1v) is 4.58. The molecule has 0 bridgehead atoms. The van der Waals surface area contributed by atoms with E-state index < -0.39 is 11.1 Å². The maximum atomic E-state index is 10.3. The molecular weight excluding hydrogens is 166 g/mol. The molecule has 0 aromatic rings. The molecule has 4 nitrogen and oxygen atoms in total. The van der Waals surface area contributed by atoms with E-state index in [1.54, 1.807) is 0 Å². The molecule has 64 valence electrons. The highest BCUT2D eigenvalue weighted by Gasteiger charge is 2.29. The molecule has 0 fully saturated rings. The van der Waals surface area contributed by atoms with Crippen LogP contribution in [0.15, 0.2) is 5.16 Å². The molecule has 1 rings (SSSR count). The molecular formula is C6H11NO3S. The molecule has 1 aliphatic heterocycles. The first kappa shape index (κ1) is 8.67. The summed E-state index contributed by atoms with van der Waals surface area (Å²) in [7, 11) is 0. The van der Waals surface area contributed by atoms with Gasteiger partial charge >= 0.3 is 0 Å². The highest BCUT2D eigenvalue weighted by molar-refractivity contribution is 7.80. The fourth-order valence-corrected chi connectivity index (χ4v) is 1.40. The molecule has 0 saturated heterocycles. The van der Waals surface area contributed by atoms with Gasteiger partial charge in [0.15, 0.2) is 11.1 Å². The van der Waals surface area contributed by atoms with Crippen LogP contribution in [0.2, 0.25) is 0 Å². The first-order valence-electron chi connectivity index (χ1n) is 3.31. The van der Waals surface area contributed by atoms with Gasteiger partial charge in [0.25, 0.3) is 0 Å². The van der Waals surface area contributed by atoms with E-state index >= 15 is 0 Å². The second-order valence-corrected chi connectivity index (χ2v) is 4.08. The normalized spacial score (nSPS) is 24.1. The van der Waals surface area contributed by atoms with Crippen molar-refractivity contribution in [2.45, 2.75) is 25.9 Å². The Balaban J connectivity index is 2.47. The quantitative estimate of drug-likeness (QED) is 0.633. The highest BCUT2D eigenvalue weighted by atomic mass is 32.2. The highest BCUT2D eigenvalue weighted by Crippen LogP contribution is 2.22. The predicted molar refractivity (Wildman–Crippen MR) is 42.9 cm³/mol. The molecule has 0 spiro atoms. The zero-order valence-corrected chi connectivity index (χ0v) is 7.35. The van der Waals surface area contributed by atoms with E-state index in [9.17, 15) is 4.21 Å². The van der Waals surface area contributed by atoms with Gasteiger partial charge in [0, 0.05) is 6.42 Å². The minimum atomic E-state index is -1.80. The maximum absolute atomic E-state index is 10.3. The fourth-order valence-electron chi connectivity index (χ4n) is 0.964. The van der Waals surface area contributed by atoms with E-state index in [0.717, 1.165) is 0 Å². The zero-order valence-electron chi connectivity index (χ0n) is 6.53. The third-order valence-corrected chi connectivity index (χ3v) is 1.92. The minimum absolute atomic E-state index is 0.101. The van der Waals surface area contributed by atoms with Crippen LogP contribution in [0.3, 0.4) is 0 Å². The Morgan fingerprint density at radius 3 is 2.82 bits per heavy atom. The SMILES string of the molecule is CC1(C)CC(CS(=O)O)=NO1. The van der Waals surface area contributed by atoms with Crippen LogP contribution in [0.25, 0.3) is 0 Å². The van der Waals surface area contributed by atoms with E-state index in [4.69, 9.17) is 9.39 Å². The average molecular weight is 177 g/mol. The molecule has 11 heavy (non-hydrogen) atoms. The van der Waals surface area contributed by atoms with Crippen molar-refractivity contribution >= 4 is 16.8 Å². The molecule has 1 N–H and O–H groups in total. The lowest BCUT2D eigenvalue weighted by Gasteiger charge is -2.12. The average Bonchev–Trinajstić information content (AvgIpc) is 2.08. The van der Waals surface area contributed by atoms with E-state index in [-0.39, 0.29) is 11.4 Å². The number of nitrogens with zero attached hydrogens (tertiary/aromatic N) is 1. The summed E-state index contributed by atoms with van der Waals surface area (Å²) in [6.45, 7) is 3.79. The summed E-state index contributed by atoms with van der Waals surface area (Å²) < 4.78 is 18.9. The van der Waals surface area contributed by atoms with Crippen molar-refractivity contribution in [2.24, 2.45) is 5.16 Å². The molecule has 0 aromatic carbocycles. The summed E-state index contributed by atoms with van der Waals surface area (Å²) in [5, 5.41) is 3.69. The summed E-state index contributed by atoms with van der Waals surface area (Å²) >= 11 is -1.80. The summed E-state index contributed by atoms with van der Waals surface area (Å²) in [6.07, 6.45) is 0.638. The van der Waals surface area contributed by atoms with Crippen molar-refractivity contribution in [3.05, 3.63) is 0 Å². The molecule has 5 heteroatoms. The van der Waals surface area contributed by atoms with E-state index in [2.05, 4.69) is 5.16 Å². The molecule has 0 saturated carbocycles. The van der Waals surface area contributed by atoms with Gasteiger partial charge in [-0.25, -0.2) is 4.21 Å². The van der Waals surface area contributed by atoms with E-state index in [1.807, 2.05) is 13.8 Å². The minimum Gasteiger partial charge on any atom is -0.389 e. The monoisotopic (exact) mass is 177 g/mol. The Morgan fingerprint density at radius 1 is 1.82 bits per heavy atom. The van der Waals surface area contributed by atoms with Crippen LogP contribution >= 0.6 is 0 Å². The lowest BCUT2D eigenvalue weighted by molar-refractivity contribution is 0.0123. The van der Waals surface area contributed by atoms with Gasteiger partial charge in [0.2, 0.25) is 0 Å². The zero-order chi connectivity index (χ0) is 8.48. The molecule has 1 aliphatic rings. The summed E-state index contributed by atoms with van der Waals surface area (Å²) in [5.41, 5.74) is 0.366. The van der Waals surface area contributed by atoms with Gasteiger partial charge in [-0.1, -0.05) is 5.16 Å². The molecule has 1 atom stereocenters. The molecule has 0 amide bonds. The van der Waals surface area contributed by atoms with Crippen molar-refractivity contribution in [3.8, 4) is 0 Å². The van der Waals surface area contributed by atoms with Crippen LogP contribution < -0.4 is 0 Å². The van der Waals surface area contributed by atoms with Crippen molar-refractivity contribution in [1.29, 1.82) is 0 Å². The Bertz CT molecular complexity index is 212. The largest absolute Gasteiger partial charge is 0.389 e. The Labute approximate surface area is 67.9 Å². The number of hydrogen-bond acceptors (Lipinski definition) is 3. The van der Waals surface area contributed by atoms with Gasteiger partial charge in [-0.15, -0.1) is 0 Å². The van der Waals surface area contributed by atoms with Crippen molar-refractivity contribution in [1.82, 2.24) is 0 Å². The van der Waals surface area contributed by atoms with Gasteiger partial charge in [0.1, 0.15) is 5.60 Å². The molecule has 1 unspecified atom stereocenters. The second-order valence-electron chi connectivity index (χ2n) is 3.15. The van der Waals surface area contributed by atoms with Crippen LogP contribution in [0.5, 0.6) is 0 Å². The first-order chi connectivity index (χ1) is 4.99. The van der Waals surface area contributed by atoms with E-state index in [1.165, 1.54) is 0 Å². The third-order valence-electron chi connectivity index (χ3n) is 1.34. The summed E-state index contributed by atoms with van der Waals surface area (Å²) in [5.74, 6) is 0.101. The summed E-state index contributed by atoms with van der Waals surface area (Å²) in [4.78, 5) is 5.00. The van der Waals surface area contributed by atoms with Gasteiger partial charge in [-0.3, -0.25) is 0 Å². The van der Waals surface area contributed by atoms with Gasteiger partial charge in [-0.2, -0.15) is 0 Å². The van der Waals surface area contributed by atoms with Crippen molar-refractivity contribution in [2.75, 3.05) is 5.75 Å². The maximum Gasteiger partial charge on any atom is 0.158 e. The van der Waals surface area contributed by atoms with Crippen molar-refractivity contribution < 1.29 is 13.6 Å². The lowest BCUT2D eigenvalue weighted by Crippen LogP contribution is -2.20. The number of rotatable bonds is 2. The Morgan fingerprint density at radius 2 is 2.45 bits per heavy atom. The lowest BCUT2D eigenvalue weighted by atomic mass is 10.0.